The summed E-state index contributed by atoms with van der Waals surface area (Å²) in [6, 6.07) is 11.4. The van der Waals surface area contributed by atoms with Gasteiger partial charge in [0.15, 0.2) is 4.80 Å². The summed E-state index contributed by atoms with van der Waals surface area (Å²) < 4.78 is 7.29. The highest BCUT2D eigenvalue weighted by atomic mass is 35.5. The molecule has 1 fully saturated rings. The first-order chi connectivity index (χ1) is 19.7. The van der Waals surface area contributed by atoms with E-state index in [9.17, 15) is 19.7 Å². The van der Waals surface area contributed by atoms with Crippen LogP contribution in [0, 0.1) is 10.1 Å². The molecule has 0 bridgehead atoms. The molecule has 0 N–H and O–H groups in total. The van der Waals surface area contributed by atoms with Crippen LogP contribution in [-0.2, 0) is 9.53 Å². The Labute approximate surface area is 245 Å². The Hall–Kier alpha value is -3.80. The maximum Gasteiger partial charge on any atom is 0.293 e. The molecule has 0 unspecified atom stereocenters. The fourth-order valence-electron chi connectivity index (χ4n) is 5.24. The number of likely N-dealkylation sites (N-methyl/N-ethyl adjacent to an activating group) is 1. The van der Waals surface area contributed by atoms with Gasteiger partial charge in [0.1, 0.15) is 5.69 Å². The molecule has 2 aromatic carbocycles. The summed E-state index contributed by atoms with van der Waals surface area (Å²) in [6.07, 6.45) is 1.64. The molecule has 3 aromatic rings. The zero-order chi connectivity index (χ0) is 29.3. The summed E-state index contributed by atoms with van der Waals surface area (Å²) in [6.45, 7) is 8.78. The Morgan fingerprint density at radius 1 is 1.20 bits per heavy atom. The van der Waals surface area contributed by atoms with Crippen LogP contribution in [0.3, 0.4) is 0 Å². The van der Waals surface area contributed by atoms with Crippen molar-refractivity contribution in [1.82, 2.24) is 9.47 Å². The minimum atomic E-state index is -0.697. The smallest absolute Gasteiger partial charge is 0.293 e. The second-order valence-corrected chi connectivity index (χ2v) is 11.2. The number of anilines is 1. The Bertz CT molecular complexity index is 1700. The van der Waals surface area contributed by atoms with Crippen LogP contribution in [0.15, 0.2) is 63.5 Å². The van der Waals surface area contributed by atoms with E-state index in [1.807, 2.05) is 30.9 Å². The number of carbonyl (C=O) groups is 1. The van der Waals surface area contributed by atoms with Crippen molar-refractivity contribution < 1.29 is 14.5 Å². The van der Waals surface area contributed by atoms with E-state index in [2.05, 4.69) is 4.99 Å². The van der Waals surface area contributed by atoms with Crippen LogP contribution in [-0.4, -0.2) is 59.7 Å². The SMILES string of the molecule is CCN(CC)C(=O)C1=C(C)N=c2s/c(=C\c3ccc(N4CCOCC4)c([N+](=O)[O-])c3)c(=O)n2[C@H]1c1ccc(Cl)cc1. The molecule has 5 rings (SSSR count). The minimum absolute atomic E-state index is 0.0320. The number of nitrogens with zero attached hydrogens (tertiary/aromatic N) is 5. The lowest BCUT2D eigenvalue weighted by Gasteiger charge is -2.29. The second kappa shape index (κ2) is 12.0. The van der Waals surface area contributed by atoms with Crippen LogP contribution in [0.1, 0.15) is 37.9 Å². The fourth-order valence-corrected chi connectivity index (χ4v) is 6.41. The number of ether oxygens (including phenoxy) is 1. The van der Waals surface area contributed by atoms with E-state index < -0.39 is 11.0 Å². The highest BCUT2D eigenvalue weighted by molar-refractivity contribution is 7.07. The molecule has 214 valence electrons. The molecular formula is C29H30ClN5O5S. The lowest BCUT2D eigenvalue weighted by molar-refractivity contribution is -0.384. The molecule has 3 heterocycles. The molecule has 0 aliphatic carbocycles. The predicted molar refractivity (Wildman–Crippen MR) is 159 cm³/mol. The first-order valence-electron chi connectivity index (χ1n) is 13.4. The number of allylic oxidation sites excluding steroid dienone is 1. The Morgan fingerprint density at radius 3 is 2.51 bits per heavy atom. The number of rotatable bonds is 7. The summed E-state index contributed by atoms with van der Waals surface area (Å²) >= 11 is 7.35. The third kappa shape index (κ3) is 5.57. The van der Waals surface area contributed by atoms with E-state index in [-0.39, 0.29) is 17.2 Å². The molecule has 2 aliphatic rings. The maximum absolute atomic E-state index is 13.9. The van der Waals surface area contributed by atoms with E-state index in [1.54, 1.807) is 46.7 Å². The van der Waals surface area contributed by atoms with Crippen LogP contribution in [0.2, 0.25) is 5.02 Å². The predicted octanol–water partition coefficient (Wildman–Crippen LogP) is 3.50. The third-order valence-corrected chi connectivity index (χ3v) is 8.57. The minimum Gasteiger partial charge on any atom is -0.378 e. The molecule has 12 heteroatoms. The van der Waals surface area contributed by atoms with Crippen LogP contribution in [0.5, 0.6) is 0 Å². The van der Waals surface area contributed by atoms with Crippen molar-refractivity contribution in [2.75, 3.05) is 44.3 Å². The summed E-state index contributed by atoms with van der Waals surface area (Å²) in [5, 5.41) is 12.5. The summed E-state index contributed by atoms with van der Waals surface area (Å²) in [7, 11) is 0. The van der Waals surface area contributed by atoms with Gasteiger partial charge in [-0.3, -0.25) is 24.3 Å². The van der Waals surface area contributed by atoms with Gasteiger partial charge in [0, 0.05) is 37.3 Å². The highest BCUT2D eigenvalue weighted by Gasteiger charge is 2.34. The molecule has 41 heavy (non-hydrogen) atoms. The molecular weight excluding hydrogens is 566 g/mol. The number of halogens is 1. The standard InChI is InChI=1S/C29H30ClN5O5S/c1-4-32(5-2)28(37)25-18(3)31-29-34(26(25)20-7-9-21(30)10-8-20)27(36)24(41-29)17-19-6-11-22(23(16-19)35(38)39)33-12-14-40-15-13-33/h6-11,16-17,26H,4-5,12-15H2,1-3H3/b24-17-/t26-/m0/s1. The van der Waals surface area contributed by atoms with E-state index in [1.165, 1.54) is 17.4 Å². The van der Waals surface area contributed by atoms with Gasteiger partial charge in [0.05, 0.1) is 40.0 Å². The number of nitro groups is 1. The van der Waals surface area contributed by atoms with Gasteiger partial charge >= 0.3 is 0 Å². The van der Waals surface area contributed by atoms with Crippen molar-refractivity contribution in [2.45, 2.75) is 26.8 Å². The molecule has 0 radical (unpaired) electrons. The van der Waals surface area contributed by atoms with Gasteiger partial charge in [0.2, 0.25) is 0 Å². The first kappa shape index (κ1) is 28.7. The lowest BCUT2D eigenvalue weighted by Crippen LogP contribution is -2.43. The van der Waals surface area contributed by atoms with Crippen molar-refractivity contribution >= 4 is 46.3 Å². The van der Waals surface area contributed by atoms with E-state index >= 15 is 0 Å². The third-order valence-electron chi connectivity index (χ3n) is 7.33. The number of benzene rings is 2. The largest absolute Gasteiger partial charge is 0.378 e. The van der Waals surface area contributed by atoms with Gasteiger partial charge in [-0.05, 0) is 56.2 Å². The first-order valence-corrected chi connectivity index (χ1v) is 14.6. The summed E-state index contributed by atoms with van der Waals surface area (Å²) in [5.41, 5.74) is 2.39. The van der Waals surface area contributed by atoms with Gasteiger partial charge < -0.3 is 14.5 Å². The van der Waals surface area contributed by atoms with E-state index in [0.29, 0.717) is 76.3 Å². The molecule has 1 amide bonds. The Morgan fingerprint density at radius 2 is 1.88 bits per heavy atom. The van der Waals surface area contributed by atoms with Gasteiger partial charge in [0.25, 0.3) is 17.2 Å². The second-order valence-electron chi connectivity index (χ2n) is 9.72. The van der Waals surface area contributed by atoms with Crippen molar-refractivity contribution in [1.29, 1.82) is 0 Å². The number of hydrogen-bond donors (Lipinski definition) is 0. The Kier molecular flexibility index (Phi) is 8.39. The van der Waals surface area contributed by atoms with Crippen molar-refractivity contribution in [2.24, 2.45) is 4.99 Å². The van der Waals surface area contributed by atoms with Gasteiger partial charge in [-0.2, -0.15) is 0 Å². The zero-order valence-electron chi connectivity index (χ0n) is 23.0. The Balaban J connectivity index is 1.65. The molecule has 1 saturated heterocycles. The highest BCUT2D eigenvalue weighted by Crippen LogP contribution is 2.32. The number of thiazole rings is 1. The normalized spacial score (nSPS) is 17.3. The molecule has 0 saturated carbocycles. The number of morpholine rings is 1. The summed E-state index contributed by atoms with van der Waals surface area (Å²) in [4.78, 5) is 48.0. The maximum atomic E-state index is 13.9. The number of amides is 1. The monoisotopic (exact) mass is 595 g/mol. The van der Waals surface area contributed by atoms with Crippen LogP contribution < -0.4 is 19.8 Å². The topological polar surface area (TPSA) is 110 Å². The van der Waals surface area contributed by atoms with Crippen molar-refractivity contribution in [3.63, 3.8) is 0 Å². The zero-order valence-corrected chi connectivity index (χ0v) is 24.6. The molecule has 0 spiro atoms. The van der Waals surface area contributed by atoms with Crippen LogP contribution >= 0.6 is 22.9 Å². The van der Waals surface area contributed by atoms with Gasteiger partial charge in [-0.25, -0.2) is 4.99 Å². The number of aromatic nitrogens is 1. The number of carbonyl (C=O) groups excluding carboxylic acids is 1. The fraction of sp³-hybridized carbons (Fsp3) is 0.345. The molecule has 1 atom stereocenters. The number of hydrogen-bond acceptors (Lipinski definition) is 8. The average Bonchev–Trinajstić information content (AvgIpc) is 3.27. The van der Waals surface area contributed by atoms with E-state index in [0.717, 1.165) is 5.56 Å². The average molecular weight is 596 g/mol. The number of fused-ring (bicyclic) bond motifs is 1. The molecule has 10 nitrogen and oxygen atoms in total. The number of nitro benzene ring substituents is 1. The van der Waals surface area contributed by atoms with Crippen molar-refractivity contribution in [3.8, 4) is 0 Å². The van der Waals surface area contributed by atoms with Gasteiger partial charge in [-0.1, -0.05) is 41.1 Å². The lowest BCUT2D eigenvalue weighted by atomic mass is 9.94. The van der Waals surface area contributed by atoms with Crippen LogP contribution in [0.4, 0.5) is 11.4 Å². The quantitative estimate of drug-likeness (QED) is 0.305. The van der Waals surface area contributed by atoms with Crippen molar-refractivity contribution in [3.05, 3.63) is 99.7 Å². The summed E-state index contributed by atoms with van der Waals surface area (Å²) in [5.74, 6) is -0.181. The van der Waals surface area contributed by atoms with Gasteiger partial charge in [-0.15, -0.1) is 0 Å². The van der Waals surface area contributed by atoms with Crippen LogP contribution in [0.25, 0.3) is 6.08 Å². The van der Waals surface area contributed by atoms with E-state index in [4.69, 9.17) is 16.3 Å². The molecule has 2 aliphatic heterocycles. The molecule has 1 aromatic heterocycles.